The van der Waals surface area contributed by atoms with Crippen LogP contribution in [-0.4, -0.2) is 39.1 Å². The van der Waals surface area contributed by atoms with Crippen LogP contribution in [0.1, 0.15) is 17.3 Å². The van der Waals surface area contributed by atoms with Crippen molar-refractivity contribution >= 4 is 32.5 Å². The van der Waals surface area contributed by atoms with Crippen LogP contribution in [-0.2, 0) is 14.8 Å². The molecule has 3 rings (SSSR count). The number of sulfonamides is 1. The maximum atomic E-state index is 13.1. The van der Waals surface area contributed by atoms with Gasteiger partial charge in [0.25, 0.3) is 15.9 Å². The number of rotatable bonds is 7. The molecule has 1 atom stereocenters. The number of hydrogen-bond acceptors (Lipinski definition) is 5. The van der Waals surface area contributed by atoms with Crippen molar-refractivity contribution in [3.63, 3.8) is 0 Å². The van der Waals surface area contributed by atoms with Gasteiger partial charge in [0.15, 0.2) is 0 Å². The third-order valence-corrected chi connectivity index (χ3v) is 5.64. The molecule has 0 spiro atoms. The molecule has 0 saturated carbocycles. The van der Waals surface area contributed by atoms with Crippen LogP contribution in [0.15, 0.2) is 58.2 Å². The van der Waals surface area contributed by atoms with Gasteiger partial charge in [-0.1, -0.05) is 0 Å². The standard InChI is InChI=1S/C20H20FN3O5S/c1-12(11-29-2)22-20(26)17-10-19(25)23-18-8-7-15(9-16(17)18)30(27,28)24-14-5-3-13(21)4-6-14/h3-10,12,24H,11H2,1-2H3,(H,22,26)(H,23,25)/t12-/m1/s1. The second-order valence-corrected chi connectivity index (χ2v) is 8.38. The van der Waals surface area contributed by atoms with E-state index in [1.54, 1.807) is 6.92 Å². The number of ether oxygens (including phenoxy) is 1. The van der Waals surface area contributed by atoms with Crippen LogP contribution >= 0.6 is 0 Å². The lowest BCUT2D eigenvalue weighted by Gasteiger charge is -2.14. The van der Waals surface area contributed by atoms with Gasteiger partial charge in [0.2, 0.25) is 5.56 Å². The summed E-state index contributed by atoms with van der Waals surface area (Å²) in [4.78, 5) is 27.1. The molecule has 1 aromatic heterocycles. The molecule has 30 heavy (non-hydrogen) atoms. The molecule has 158 valence electrons. The number of anilines is 1. The topological polar surface area (TPSA) is 117 Å². The van der Waals surface area contributed by atoms with Gasteiger partial charge in [-0.25, -0.2) is 12.8 Å². The molecule has 0 bridgehead atoms. The van der Waals surface area contributed by atoms with Crippen molar-refractivity contribution in [2.24, 2.45) is 0 Å². The Morgan fingerprint density at radius 1 is 1.17 bits per heavy atom. The highest BCUT2D eigenvalue weighted by Gasteiger charge is 2.19. The molecule has 8 nitrogen and oxygen atoms in total. The van der Waals surface area contributed by atoms with Crippen molar-refractivity contribution in [2.75, 3.05) is 18.4 Å². The molecule has 0 aliphatic heterocycles. The Bertz CT molecular complexity index is 1240. The van der Waals surface area contributed by atoms with Gasteiger partial charge in [0, 0.05) is 35.8 Å². The molecule has 0 aliphatic rings. The number of carbonyl (C=O) groups is 1. The minimum Gasteiger partial charge on any atom is -0.383 e. The van der Waals surface area contributed by atoms with Crippen LogP contribution < -0.4 is 15.6 Å². The molecular weight excluding hydrogens is 413 g/mol. The van der Waals surface area contributed by atoms with Crippen molar-refractivity contribution in [1.29, 1.82) is 0 Å². The zero-order valence-corrected chi connectivity index (χ0v) is 17.0. The molecule has 10 heteroatoms. The first-order valence-electron chi connectivity index (χ1n) is 8.95. The fraction of sp³-hybridized carbons (Fsp3) is 0.200. The largest absolute Gasteiger partial charge is 0.383 e. The summed E-state index contributed by atoms with van der Waals surface area (Å²) in [6.07, 6.45) is 0. The summed E-state index contributed by atoms with van der Waals surface area (Å²) in [6.45, 7) is 2.01. The molecule has 1 amide bonds. The predicted octanol–water partition coefficient (Wildman–Crippen LogP) is 2.23. The number of nitrogens with one attached hydrogen (secondary N) is 3. The van der Waals surface area contributed by atoms with Crippen molar-refractivity contribution in [1.82, 2.24) is 10.3 Å². The summed E-state index contributed by atoms with van der Waals surface area (Å²) in [5.41, 5.74) is 0.0414. The summed E-state index contributed by atoms with van der Waals surface area (Å²) in [7, 11) is -2.52. The molecule has 0 radical (unpaired) electrons. The van der Waals surface area contributed by atoms with Crippen molar-refractivity contribution in [2.45, 2.75) is 17.9 Å². The SMILES string of the molecule is COC[C@@H](C)NC(=O)c1cc(=O)[nH]c2ccc(S(=O)(=O)Nc3ccc(F)cc3)cc12. The number of methoxy groups -OCH3 is 1. The number of pyridine rings is 1. The Kier molecular flexibility index (Phi) is 6.18. The highest BCUT2D eigenvalue weighted by molar-refractivity contribution is 7.92. The van der Waals surface area contributed by atoms with Crippen LogP contribution in [0.5, 0.6) is 0 Å². The van der Waals surface area contributed by atoms with Crippen LogP contribution in [0, 0.1) is 5.82 Å². The van der Waals surface area contributed by atoms with E-state index in [4.69, 9.17) is 4.74 Å². The lowest BCUT2D eigenvalue weighted by atomic mass is 10.1. The van der Waals surface area contributed by atoms with E-state index in [1.807, 2.05) is 0 Å². The average molecular weight is 433 g/mol. The van der Waals surface area contributed by atoms with Gasteiger partial charge in [0.05, 0.1) is 17.1 Å². The first-order chi connectivity index (χ1) is 14.2. The van der Waals surface area contributed by atoms with Gasteiger partial charge >= 0.3 is 0 Å². The van der Waals surface area contributed by atoms with Crippen LogP contribution in [0.3, 0.4) is 0 Å². The average Bonchev–Trinajstić information content (AvgIpc) is 2.68. The lowest BCUT2D eigenvalue weighted by Crippen LogP contribution is -2.36. The smallest absolute Gasteiger partial charge is 0.261 e. The third-order valence-electron chi connectivity index (χ3n) is 4.26. The molecular formula is C20H20FN3O5S. The van der Waals surface area contributed by atoms with E-state index in [2.05, 4.69) is 15.0 Å². The first kappa shape index (κ1) is 21.5. The highest BCUT2D eigenvalue weighted by atomic mass is 32.2. The van der Waals surface area contributed by atoms with Crippen molar-refractivity contribution in [3.05, 3.63) is 70.3 Å². The van der Waals surface area contributed by atoms with Crippen molar-refractivity contribution < 1.29 is 22.3 Å². The number of carbonyl (C=O) groups excluding carboxylic acids is 1. The number of amides is 1. The lowest BCUT2D eigenvalue weighted by molar-refractivity contribution is 0.0907. The normalized spacial score (nSPS) is 12.5. The molecule has 3 aromatic rings. The predicted molar refractivity (Wildman–Crippen MR) is 111 cm³/mol. The number of benzene rings is 2. The van der Waals surface area contributed by atoms with E-state index in [9.17, 15) is 22.4 Å². The number of aromatic nitrogens is 1. The fourth-order valence-corrected chi connectivity index (χ4v) is 4.00. The van der Waals surface area contributed by atoms with E-state index >= 15 is 0 Å². The highest BCUT2D eigenvalue weighted by Crippen LogP contribution is 2.22. The van der Waals surface area contributed by atoms with E-state index in [1.165, 1.54) is 37.4 Å². The molecule has 1 heterocycles. The van der Waals surface area contributed by atoms with Gasteiger partial charge in [-0.05, 0) is 49.4 Å². The summed E-state index contributed by atoms with van der Waals surface area (Å²) in [5, 5.41) is 2.97. The summed E-state index contributed by atoms with van der Waals surface area (Å²) in [6, 6.07) is 9.66. The molecule has 0 aliphatic carbocycles. The first-order valence-corrected chi connectivity index (χ1v) is 10.4. The zero-order chi connectivity index (χ0) is 21.9. The Morgan fingerprint density at radius 2 is 1.87 bits per heavy atom. The Hall–Kier alpha value is -3.24. The summed E-state index contributed by atoms with van der Waals surface area (Å²) < 4.78 is 45.9. The molecule has 3 N–H and O–H groups in total. The van der Waals surface area contributed by atoms with E-state index in [-0.39, 0.29) is 34.2 Å². The monoisotopic (exact) mass is 433 g/mol. The maximum absolute atomic E-state index is 13.1. The van der Waals surface area contributed by atoms with Crippen molar-refractivity contribution in [3.8, 4) is 0 Å². The number of aromatic amines is 1. The summed E-state index contributed by atoms with van der Waals surface area (Å²) >= 11 is 0. The fourth-order valence-electron chi connectivity index (χ4n) is 2.91. The maximum Gasteiger partial charge on any atom is 0.261 e. The Labute approximate surface area is 172 Å². The molecule has 0 fully saturated rings. The Balaban J connectivity index is 2.01. The molecule has 0 unspecified atom stereocenters. The number of halogens is 1. The molecule has 2 aromatic carbocycles. The summed E-state index contributed by atoms with van der Waals surface area (Å²) in [5.74, 6) is -1.03. The number of H-pyrrole nitrogens is 1. The Morgan fingerprint density at radius 3 is 2.53 bits per heavy atom. The number of fused-ring (bicyclic) bond motifs is 1. The van der Waals surface area contributed by atoms with Gasteiger partial charge in [-0.2, -0.15) is 0 Å². The van der Waals surface area contributed by atoms with Gasteiger partial charge in [0.1, 0.15) is 5.82 Å². The minimum absolute atomic E-state index is 0.0375. The van der Waals surface area contributed by atoms with E-state index in [0.29, 0.717) is 5.52 Å². The van der Waals surface area contributed by atoms with Crippen LogP contribution in [0.2, 0.25) is 0 Å². The number of hydrogen-bond donors (Lipinski definition) is 3. The quantitative estimate of drug-likeness (QED) is 0.528. The molecule has 0 saturated heterocycles. The van der Waals surface area contributed by atoms with Gasteiger partial charge in [-0.15, -0.1) is 0 Å². The second kappa shape index (κ2) is 8.64. The minimum atomic E-state index is -4.02. The third kappa shape index (κ3) is 4.84. The van der Waals surface area contributed by atoms with Gasteiger partial charge < -0.3 is 15.0 Å². The van der Waals surface area contributed by atoms with E-state index < -0.39 is 27.3 Å². The zero-order valence-electron chi connectivity index (χ0n) is 16.2. The van der Waals surface area contributed by atoms with Crippen LogP contribution in [0.4, 0.5) is 10.1 Å². The van der Waals surface area contributed by atoms with Gasteiger partial charge in [-0.3, -0.25) is 14.3 Å². The van der Waals surface area contributed by atoms with Crippen LogP contribution in [0.25, 0.3) is 10.9 Å². The van der Waals surface area contributed by atoms with E-state index in [0.717, 1.165) is 18.2 Å². The second-order valence-electron chi connectivity index (χ2n) is 6.70.